The second-order valence-corrected chi connectivity index (χ2v) is 6.37. The van der Waals surface area contributed by atoms with E-state index in [2.05, 4.69) is 11.2 Å². The summed E-state index contributed by atoms with van der Waals surface area (Å²) in [6.45, 7) is 4.31. The monoisotopic (exact) mass is 354 g/mol. The quantitative estimate of drug-likeness (QED) is 0.542. The minimum absolute atomic E-state index is 0.292. The standard InChI is InChI=1S/C22H18N4O/c1-15-12-20(27-14-18-9-7-6-8-17(18)13-23)24-22-21(15)16(2)25-26(22)19-10-4-3-5-11-19/h3-12H,14H2,1-2H3. The number of benzene rings is 2. The molecule has 0 aliphatic heterocycles. The van der Waals surface area contributed by atoms with E-state index in [0.29, 0.717) is 18.1 Å². The molecule has 5 nitrogen and oxygen atoms in total. The van der Waals surface area contributed by atoms with E-state index in [1.54, 1.807) is 6.07 Å². The molecule has 0 saturated carbocycles. The van der Waals surface area contributed by atoms with Crippen LogP contribution in [0.4, 0.5) is 0 Å². The lowest BCUT2D eigenvalue weighted by Crippen LogP contribution is -2.02. The van der Waals surface area contributed by atoms with Crippen molar-refractivity contribution in [2.75, 3.05) is 0 Å². The molecule has 0 fully saturated rings. The Bertz CT molecular complexity index is 1160. The van der Waals surface area contributed by atoms with Crippen molar-refractivity contribution in [2.45, 2.75) is 20.5 Å². The van der Waals surface area contributed by atoms with Crippen molar-refractivity contribution >= 4 is 11.0 Å². The van der Waals surface area contributed by atoms with E-state index in [-0.39, 0.29) is 0 Å². The number of aromatic nitrogens is 3. The van der Waals surface area contributed by atoms with Gasteiger partial charge in [0.25, 0.3) is 0 Å². The van der Waals surface area contributed by atoms with Crippen LogP contribution in [0, 0.1) is 25.2 Å². The van der Waals surface area contributed by atoms with Crippen LogP contribution in [0.2, 0.25) is 0 Å². The zero-order valence-corrected chi connectivity index (χ0v) is 15.2. The molecule has 27 heavy (non-hydrogen) atoms. The molecule has 0 N–H and O–H groups in total. The molecule has 0 amide bonds. The molecule has 0 radical (unpaired) electrons. The lowest BCUT2D eigenvalue weighted by atomic mass is 10.1. The molecule has 0 atom stereocenters. The van der Waals surface area contributed by atoms with Gasteiger partial charge in [-0.25, -0.2) is 4.68 Å². The molecule has 0 saturated heterocycles. The first-order chi connectivity index (χ1) is 13.2. The van der Waals surface area contributed by atoms with Gasteiger partial charge in [-0.3, -0.25) is 0 Å². The first-order valence-corrected chi connectivity index (χ1v) is 8.70. The maximum Gasteiger partial charge on any atom is 0.215 e. The molecular weight excluding hydrogens is 336 g/mol. The van der Waals surface area contributed by atoms with Crippen LogP contribution in [0.1, 0.15) is 22.4 Å². The number of hydrogen-bond donors (Lipinski definition) is 0. The normalized spacial score (nSPS) is 10.7. The average Bonchev–Trinajstić information content (AvgIpc) is 3.04. The maximum absolute atomic E-state index is 9.23. The van der Waals surface area contributed by atoms with Crippen LogP contribution in [0.3, 0.4) is 0 Å². The van der Waals surface area contributed by atoms with Gasteiger partial charge in [-0.1, -0.05) is 36.4 Å². The zero-order chi connectivity index (χ0) is 18.8. The largest absolute Gasteiger partial charge is 0.473 e. The lowest BCUT2D eigenvalue weighted by Gasteiger charge is -2.09. The van der Waals surface area contributed by atoms with Gasteiger partial charge in [0.2, 0.25) is 5.88 Å². The summed E-state index contributed by atoms with van der Waals surface area (Å²) in [6, 6.07) is 21.5. The average molecular weight is 354 g/mol. The lowest BCUT2D eigenvalue weighted by molar-refractivity contribution is 0.294. The number of rotatable bonds is 4. The summed E-state index contributed by atoms with van der Waals surface area (Å²) in [5.74, 6) is 0.518. The van der Waals surface area contributed by atoms with Gasteiger partial charge in [0.1, 0.15) is 6.61 Å². The predicted molar refractivity (Wildman–Crippen MR) is 104 cm³/mol. The Kier molecular flexibility index (Phi) is 4.31. The molecule has 132 valence electrons. The Morgan fingerprint density at radius 2 is 1.78 bits per heavy atom. The number of ether oxygens (including phenoxy) is 1. The highest BCUT2D eigenvalue weighted by atomic mass is 16.5. The number of pyridine rings is 1. The number of fused-ring (bicyclic) bond motifs is 1. The summed E-state index contributed by atoms with van der Waals surface area (Å²) >= 11 is 0. The number of para-hydroxylation sites is 1. The van der Waals surface area contributed by atoms with Gasteiger partial charge in [0.05, 0.1) is 23.0 Å². The van der Waals surface area contributed by atoms with Crippen molar-refractivity contribution in [3.63, 3.8) is 0 Å². The maximum atomic E-state index is 9.23. The van der Waals surface area contributed by atoms with E-state index in [1.807, 2.05) is 73.1 Å². The molecule has 2 aromatic carbocycles. The molecule has 2 aromatic heterocycles. The fraction of sp³-hybridized carbons (Fsp3) is 0.136. The number of aryl methyl sites for hydroxylation is 2. The molecule has 0 aliphatic rings. The Balaban J connectivity index is 1.74. The highest BCUT2D eigenvalue weighted by Gasteiger charge is 2.15. The molecule has 5 heteroatoms. The van der Waals surface area contributed by atoms with E-state index in [1.165, 1.54) is 0 Å². The Morgan fingerprint density at radius 3 is 2.56 bits per heavy atom. The topological polar surface area (TPSA) is 63.7 Å². The predicted octanol–water partition coefficient (Wildman–Crippen LogP) is 4.49. The van der Waals surface area contributed by atoms with Crippen molar-refractivity contribution < 1.29 is 4.74 Å². The van der Waals surface area contributed by atoms with Crippen LogP contribution in [0.5, 0.6) is 5.88 Å². The van der Waals surface area contributed by atoms with Crippen molar-refractivity contribution in [2.24, 2.45) is 0 Å². The third-order valence-electron chi connectivity index (χ3n) is 4.50. The number of hydrogen-bond acceptors (Lipinski definition) is 4. The van der Waals surface area contributed by atoms with Gasteiger partial charge >= 0.3 is 0 Å². The minimum atomic E-state index is 0.292. The van der Waals surface area contributed by atoms with Crippen molar-refractivity contribution in [1.82, 2.24) is 14.8 Å². The Morgan fingerprint density at radius 1 is 1.04 bits per heavy atom. The van der Waals surface area contributed by atoms with Gasteiger partial charge in [-0.2, -0.15) is 15.3 Å². The molecule has 0 unspecified atom stereocenters. The van der Waals surface area contributed by atoms with Gasteiger partial charge in [0.15, 0.2) is 5.65 Å². The van der Waals surface area contributed by atoms with Crippen molar-refractivity contribution in [1.29, 1.82) is 5.26 Å². The summed E-state index contributed by atoms with van der Waals surface area (Å²) in [7, 11) is 0. The summed E-state index contributed by atoms with van der Waals surface area (Å²) in [6.07, 6.45) is 0. The SMILES string of the molecule is Cc1cc(OCc2ccccc2C#N)nc2c1c(C)nn2-c1ccccc1. The van der Waals surface area contributed by atoms with E-state index < -0.39 is 0 Å². The smallest absolute Gasteiger partial charge is 0.215 e. The fourth-order valence-electron chi connectivity index (χ4n) is 3.20. The van der Waals surface area contributed by atoms with Gasteiger partial charge in [-0.15, -0.1) is 0 Å². The third kappa shape index (κ3) is 3.13. The number of nitrogens with zero attached hydrogens (tertiary/aromatic N) is 4. The first-order valence-electron chi connectivity index (χ1n) is 8.70. The summed E-state index contributed by atoms with van der Waals surface area (Å²) < 4.78 is 7.76. The van der Waals surface area contributed by atoms with E-state index in [9.17, 15) is 5.26 Å². The molecule has 4 aromatic rings. The van der Waals surface area contributed by atoms with Gasteiger partial charge in [0, 0.05) is 17.0 Å². The van der Waals surface area contributed by atoms with E-state index >= 15 is 0 Å². The molecule has 0 bridgehead atoms. The molecule has 2 heterocycles. The van der Waals surface area contributed by atoms with Crippen LogP contribution < -0.4 is 4.74 Å². The summed E-state index contributed by atoms with van der Waals surface area (Å²) in [5, 5.41) is 14.9. The minimum Gasteiger partial charge on any atom is -0.473 e. The molecule has 0 aliphatic carbocycles. The Labute approximate surface area is 157 Å². The molecular formula is C22H18N4O. The highest BCUT2D eigenvalue weighted by molar-refractivity contribution is 5.83. The Hall–Kier alpha value is -3.65. The third-order valence-corrected chi connectivity index (χ3v) is 4.50. The fourth-order valence-corrected chi connectivity index (χ4v) is 3.20. The van der Waals surface area contributed by atoms with Gasteiger partial charge in [-0.05, 0) is 37.6 Å². The molecule has 4 rings (SSSR count). The van der Waals surface area contributed by atoms with Crippen LogP contribution in [0.25, 0.3) is 16.7 Å². The van der Waals surface area contributed by atoms with E-state index in [0.717, 1.165) is 33.5 Å². The van der Waals surface area contributed by atoms with Crippen molar-refractivity contribution in [3.8, 4) is 17.6 Å². The van der Waals surface area contributed by atoms with Crippen LogP contribution in [-0.4, -0.2) is 14.8 Å². The van der Waals surface area contributed by atoms with Gasteiger partial charge < -0.3 is 4.74 Å². The van der Waals surface area contributed by atoms with Crippen LogP contribution in [0.15, 0.2) is 60.7 Å². The number of nitriles is 1. The van der Waals surface area contributed by atoms with Crippen LogP contribution >= 0.6 is 0 Å². The molecule has 0 spiro atoms. The van der Waals surface area contributed by atoms with E-state index in [4.69, 9.17) is 9.72 Å². The zero-order valence-electron chi connectivity index (χ0n) is 15.2. The summed E-state index contributed by atoms with van der Waals surface area (Å²) in [4.78, 5) is 4.70. The highest BCUT2D eigenvalue weighted by Crippen LogP contribution is 2.27. The summed E-state index contributed by atoms with van der Waals surface area (Å²) in [5.41, 5.74) is 5.16. The second-order valence-electron chi connectivity index (χ2n) is 6.37. The first kappa shape index (κ1) is 16.8. The van der Waals surface area contributed by atoms with Crippen molar-refractivity contribution in [3.05, 3.63) is 83.0 Å². The second kappa shape index (κ2) is 6.93. The van der Waals surface area contributed by atoms with Crippen LogP contribution in [-0.2, 0) is 6.61 Å².